The molecule has 0 spiro atoms. The van der Waals surface area contributed by atoms with Crippen LogP contribution in [0.25, 0.3) is 0 Å². The number of benzene rings is 1. The molecule has 330 valence electrons. The van der Waals surface area contributed by atoms with E-state index in [2.05, 4.69) is 69.2 Å². The largest absolute Gasteiger partial charge is 0.486 e. The number of nitrogens with one attached hydrogen (secondary N) is 1. The number of aliphatic carboxylic acids is 1. The van der Waals surface area contributed by atoms with Gasteiger partial charge in [-0.3, -0.25) is 14.4 Å². The lowest BCUT2D eigenvalue weighted by molar-refractivity contribution is -0.145. The average molecular weight is 811 g/mol. The molecule has 8 nitrogen and oxygen atoms in total. The third-order valence-corrected chi connectivity index (χ3v) is 8.23. The molecule has 1 rings (SSSR count). The van der Waals surface area contributed by atoms with Crippen molar-refractivity contribution >= 4 is 37.7 Å². The third kappa shape index (κ3) is 51.3. The van der Waals surface area contributed by atoms with Crippen LogP contribution in [0.1, 0.15) is 210 Å². The quantitative estimate of drug-likeness (QED) is 0.0349. The third-order valence-electron chi connectivity index (χ3n) is 7.86. The molecule has 1 aromatic rings. The molecule has 9 heteroatoms. The van der Waals surface area contributed by atoms with E-state index in [9.17, 15) is 14.4 Å². The molecular weight excluding hydrogens is 719 g/mol. The molecule has 1 amide bonds. The molecule has 0 heterocycles. The summed E-state index contributed by atoms with van der Waals surface area (Å²) in [6.45, 7) is 25.6. The van der Waals surface area contributed by atoms with Gasteiger partial charge in [0, 0.05) is 5.69 Å². The van der Waals surface area contributed by atoms with Crippen LogP contribution in [0.5, 0.6) is 0 Å². The highest BCUT2D eigenvalue weighted by Gasteiger charge is 2.35. The standard InChI is InChI=1S/C21H36NO6P.C8H18.C7H9N.C6H14.C3H8.C2H6/c1-4-6-7-8-9-10-11-12-13-14-18(29)28-19(16(3)23)20(27-5-2)21(26)22-15-17(24)25;1-3-5-7-8-6-4-2;1-6-2-4-7(8)5-3-6;1-3-5-6-4-2;1-3-2;1-2/h5,19-20,29H,2,4,6-15H2,1,3H3,(H,22,26)(H,24,25);3-8H2,1-2H3;2-5H,8H2,1H3;3-6H2,1-2H3;3H2,1-2H3;1-2H3. The first-order chi connectivity index (χ1) is 26.9. The van der Waals surface area contributed by atoms with Crippen molar-refractivity contribution in [1.29, 1.82) is 0 Å². The summed E-state index contributed by atoms with van der Waals surface area (Å²) in [5.74, 6) is -2.37. The highest BCUT2D eigenvalue weighted by Crippen LogP contribution is 2.14. The van der Waals surface area contributed by atoms with Crippen molar-refractivity contribution in [3.05, 3.63) is 42.7 Å². The van der Waals surface area contributed by atoms with E-state index in [-0.39, 0.29) is 0 Å². The molecule has 0 aliphatic heterocycles. The van der Waals surface area contributed by atoms with Gasteiger partial charge in [-0.05, 0) is 38.8 Å². The van der Waals surface area contributed by atoms with Gasteiger partial charge < -0.3 is 25.6 Å². The van der Waals surface area contributed by atoms with E-state index in [0.29, 0.717) is 11.9 Å². The van der Waals surface area contributed by atoms with Gasteiger partial charge in [-0.25, -0.2) is 0 Å². The minimum Gasteiger partial charge on any atom is -0.486 e. The summed E-state index contributed by atoms with van der Waals surface area (Å²) in [5, 5.41) is 10.9. The molecule has 0 saturated carbocycles. The van der Waals surface area contributed by atoms with E-state index in [1.807, 2.05) is 45.0 Å². The van der Waals surface area contributed by atoms with Crippen LogP contribution < -0.4 is 11.1 Å². The molecule has 0 aliphatic rings. The highest BCUT2D eigenvalue weighted by atomic mass is 31.0. The summed E-state index contributed by atoms with van der Waals surface area (Å²) < 4.78 is 10.8. The molecule has 56 heavy (non-hydrogen) atoms. The number of ketones is 1. The maximum atomic E-state index is 12.2. The Balaban J connectivity index is -0.000000256. The molecule has 4 N–H and O–H groups in total. The van der Waals surface area contributed by atoms with Crippen molar-refractivity contribution in [3.63, 3.8) is 0 Å². The molecule has 0 aliphatic carbocycles. The second-order valence-electron chi connectivity index (χ2n) is 13.7. The van der Waals surface area contributed by atoms with Crippen molar-refractivity contribution in [2.24, 2.45) is 0 Å². The monoisotopic (exact) mass is 811 g/mol. The number of unbranched alkanes of at least 4 members (excludes halogenated alkanes) is 16. The number of Topliss-reactive ketones (excluding diaryl/α,β-unsaturated/α-hetero) is 1. The molecule has 0 saturated heterocycles. The first kappa shape index (κ1) is 62.5. The minimum atomic E-state index is -1.32. The highest BCUT2D eigenvalue weighted by molar-refractivity contribution is 7.20. The molecule has 0 radical (unpaired) electrons. The summed E-state index contributed by atoms with van der Waals surface area (Å²) in [7, 11) is 3.38. The average Bonchev–Trinajstić information content (AvgIpc) is 3.18. The number of carbonyl (C=O) groups is 3. The summed E-state index contributed by atoms with van der Waals surface area (Å²) >= 11 is 0. The minimum absolute atomic E-state index is 0.412. The Hall–Kier alpha value is -2.70. The van der Waals surface area contributed by atoms with E-state index in [1.165, 1.54) is 122 Å². The first-order valence-corrected chi connectivity index (χ1v) is 22.7. The number of carboxylic acids is 1. The Labute approximate surface area is 349 Å². The fourth-order valence-corrected chi connectivity index (χ4v) is 5.03. The van der Waals surface area contributed by atoms with E-state index in [4.69, 9.17) is 20.3 Å². The van der Waals surface area contributed by atoms with Crippen LogP contribution in [0.2, 0.25) is 0 Å². The zero-order chi connectivity index (χ0) is 43.8. The van der Waals surface area contributed by atoms with Crippen LogP contribution in [-0.2, 0) is 23.9 Å². The Morgan fingerprint density at radius 1 is 0.714 bits per heavy atom. The van der Waals surface area contributed by atoms with Crippen LogP contribution in [-0.4, -0.2) is 47.0 Å². The number of nitrogen functional groups attached to an aromatic ring is 1. The Bertz CT molecular complexity index is 972. The molecular formula is C47H91N2O6P. The second-order valence-corrected chi connectivity index (χ2v) is 14.3. The molecule has 1 aromatic carbocycles. The SMILES string of the molecule is C=COC(C(=O)NCC(=O)O)C(OC(=P)CCCCCCCCCCC)C(C)=O.CC.CCC.CCCCCC.CCCCCCCC.Cc1ccc(N)cc1. The van der Waals surface area contributed by atoms with Crippen molar-refractivity contribution in [2.45, 2.75) is 223 Å². The molecule has 0 aromatic heterocycles. The van der Waals surface area contributed by atoms with Crippen molar-refractivity contribution in [3.8, 4) is 0 Å². The number of carboxylic acid groups (broad SMARTS) is 1. The summed E-state index contributed by atoms with van der Waals surface area (Å²) in [6, 6.07) is 7.79. The van der Waals surface area contributed by atoms with Crippen molar-refractivity contribution in [1.82, 2.24) is 5.32 Å². The normalized spacial score (nSPS) is 10.6. The lowest BCUT2D eigenvalue weighted by atomic mass is 10.1. The Morgan fingerprint density at radius 3 is 1.39 bits per heavy atom. The van der Waals surface area contributed by atoms with Crippen LogP contribution in [0.15, 0.2) is 37.1 Å². The summed E-state index contributed by atoms with van der Waals surface area (Å²) in [5.41, 5.74) is 7.96. The fourth-order valence-electron chi connectivity index (χ4n) is 4.72. The van der Waals surface area contributed by atoms with Crippen LogP contribution >= 0.6 is 8.86 Å². The molecule has 2 atom stereocenters. The Morgan fingerprint density at radius 2 is 1.07 bits per heavy atom. The van der Waals surface area contributed by atoms with Crippen LogP contribution in [0.4, 0.5) is 5.69 Å². The zero-order valence-corrected chi connectivity index (χ0v) is 39.4. The second kappa shape index (κ2) is 52.3. The lowest BCUT2D eigenvalue weighted by Gasteiger charge is -2.24. The number of nitrogens with two attached hydrogens (primary N) is 1. The van der Waals surface area contributed by atoms with Gasteiger partial charge in [0.1, 0.15) is 6.54 Å². The van der Waals surface area contributed by atoms with Gasteiger partial charge in [0.2, 0.25) is 6.10 Å². The number of aryl methyl sites for hydroxylation is 1. The van der Waals surface area contributed by atoms with Gasteiger partial charge in [0.05, 0.1) is 11.7 Å². The number of rotatable bonds is 27. The number of hydrogen-bond acceptors (Lipinski definition) is 6. The summed E-state index contributed by atoms with van der Waals surface area (Å²) in [6.07, 6.45) is 25.1. The van der Waals surface area contributed by atoms with E-state index < -0.39 is 36.4 Å². The topological polar surface area (TPSA) is 128 Å². The van der Waals surface area contributed by atoms with E-state index in [0.717, 1.165) is 31.2 Å². The van der Waals surface area contributed by atoms with Crippen LogP contribution in [0.3, 0.4) is 0 Å². The van der Waals surface area contributed by atoms with Gasteiger partial charge in [0.25, 0.3) is 5.91 Å². The predicted molar refractivity (Wildman–Crippen MR) is 248 cm³/mol. The number of carbonyl (C=O) groups excluding carboxylic acids is 2. The molecule has 2 unspecified atom stereocenters. The van der Waals surface area contributed by atoms with E-state index >= 15 is 0 Å². The number of anilines is 1. The van der Waals surface area contributed by atoms with Gasteiger partial charge in [0.15, 0.2) is 11.9 Å². The van der Waals surface area contributed by atoms with Gasteiger partial charge >= 0.3 is 5.97 Å². The maximum absolute atomic E-state index is 12.2. The number of hydrogen-bond donors (Lipinski definition) is 3. The van der Waals surface area contributed by atoms with Gasteiger partial charge in [-0.15, -0.1) is 0 Å². The lowest BCUT2D eigenvalue weighted by Crippen LogP contribution is -2.49. The number of ether oxygens (including phenoxy) is 2. The van der Waals surface area contributed by atoms with Crippen molar-refractivity contribution < 1.29 is 29.0 Å². The molecule has 0 fully saturated rings. The maximum Gasteiger partial charge on any atom is 0.322 e. The van der Waals surface area contributed by atoms with E-state index in [1.54, 1.807) is 0 Å². The van der Waals surface area contributed by atoms with Crippen LogP contribution in [0, 0.1) is 6.92 Å². The summed E-state index contributed by atoms with van der Waals surface area (Å²) in [4.78, 5) is 34.8. The first-order valence-electron chi connectivity index (χ1n) is 22.2. The number of amides is 1. The van der Waals surface area contributed by atoms with Gasteiger partial charge in [-0.1, -0.05) is 217 Å². The predicted octanol–water partition coefficient (Wildman–Crippen LogP) is 13.9. The van der Waals surface area contributed by atoms with Crippen molar-refractivity contribution in [2.75, 3.05) is 12.3 Å². The zero-order valence-electron chi connectivity index (χ0n) is 38.4. The van der Waals surface area contributed by atoms with Gasteiger partial charge in [-0.2, -0.15) is 0 Å². The smallest absolute Gasteiger partial charge is 0.322 e. The molecule has 0 bridgehead atoms. The Kier molecular flexibility index (Phi) is 58.4. The fraction of sp³-hybridized carbons (Fsp3) is 0.745.